The van der Waals surface area contributed by atoms with Crippen molar-refractivity contribution in [2.75, 3.05) is 6.61 Å². The number of nitrogens with zero attached hydrogens (tertiary/aromatic N) is 1. The molecule has 0 aliphatic heterocycles. The average molecular weight is 401 g/mol. The van der Waals surface area contributed by atoms with E-state index < -0.39 is 0 Å². The van der Waals surface area contributed by atoms with Crippen molar-refractivity contribution < 1.29 is 9.53 Å². The summed E-state index contributed by atoms with van der Waals surface area (Å²) < 4.78 is 6.91. The van der Waals surface area contributed by atoms with E-state index in [1.807, 2.05) is 26.0 Å². The molecule has 0 saturated carbocycles. The Morgan fingerprint density at radius 2 is 2.05 bits per heavy atom. The van der Waals surface area contributed by atoms with E-state index in [0.29, 0.717) is 19.4 Å². The third kappa shape index (κ3) is 3.58. The summed E-state index contributed by atoms with van der Waals surface area (Å²) in [6.07, 6.45) is 1.04. The zero-order chi connectivity index (χ0) is 14.7. The molecule has 106 valence electrons. The number of fused-ring (bicyclic) bond motifs is 1. The molecular formula is C15H15Br2NO2. The first-order valence-corrected chi connectivity index (χ1v) is 8.00. The minimum Gasteiger partial charge on any atom is -0.466 e. The first kappa shape index (κ1) is 15.4. The van der Waals surface area contributed by atoms with Crippen LogP contribution < -0.4 is 0 Å². The molecule has 1 heterocycles. The van der Waals surface area contributed by atoms with E-state index in [9.17, 15) is 4.79 Å². The fourth-order valence-electron chi connectivity index (χ4n) is 2.07. The van der Waals surface area contributed by atoms with Crippen LogP contribution in [0.25, 0.3) is 10.9 Å². The summed E-state index contributed by atoms with van der Waals surface area (Å²) >= 11 is 7.00. The molecule has 0 aliphatic carbocycles. The lowest BCUT2D eigenvalue weighted by molar-refractivity contribution is -0.143. The Morgan fingerprint density at radius 3 is 2.75 bits per heavy atom. The summed E-state index contributed by atoms with van der Waals surface area (Å²) in [6, 6.07) is 6.10. The normalized spacial score (nSPS) is 10.8. The molecule has 0 fully saturated rings. The van der Waals surface area contributed by atoms with Gasteiger partial charge in [-0.15, -0.1) is 0 Å². The van der Waals surface area contributed by atoms with E-state index in [0.717, 1.165) is 31.1 Å². The van der Waals surface area contributed by atoms with Crippen molar-refractivity contribution in [1.82, 2.24) is 4.98 Å². The van der Waals surface area contributed by atoms with Crippen LogP contribution in [0.2, 0.25) is 0 Å². The molecule has 20 heavy (non-hydrogen) atoms. The molecule has 0 bridgehead atoms. The molecule has 1 aromatic heterocycles. The van der Waals surface area contributed by atoms with E-state index >= 15 is 0 Å². The minimum atomic E-state index is -0.164. The predicted octanol–water partition coefficient (Wildman–Crippen LogP) is 4.56. The van der Waals surface area contributed by atoms with Crippen LogP contribution in [0.15, 0.2) is 27.1 Å². The maximum atomic E-state index is 11.4. The Labute approximate surface area is 135 Å². The molecular weight excluding hydrogens is 386 g/mol. The Hall–Kier alpha value is -0.940. The molecule has 0 saturated heterocycles. The number of esters is 1. The number of aromatic nitrogens is 1. The number of benzene rings is 1. The van der Waals surface area contributed by atoms with Crippen LogP contribution >= 0.6 is 31.9 Å². The second-order valence-electron chi connectivity index (χ2n) is 4.50. The van der Waals surface area contributed by atoms with E-state index in [4.69, 9.17) is 4.74 Å². The van der Waals surface area contributed by atoms with Crippen molar-refractivity contribution in [2.45, 2.75) is 26.7 Å². The van der Waals surface area contributed by atoms with Gasteiger partial charge in [0.2, 0.25) is 0 Å². The number of carbonyl (C=O) groups is 1. The summed E-state index contributed by atoms with van der Waals surface area (Å²) in [4.78, 5) is 16.1. The van der Waals surface area contributed by atoms with Crippen molar-refractivity contribution in [1.29, 1.82) is 0 Å². The van der Waals surface area contributed by atoms with Gasteiger partial charge >= 0.3 is 5.97 Å². The van der Waals surface area contributed by atoms with Crippen molar-refractivity contribution in [2.24, 2.45) is 0 Å². The highest BCUT2D eigenvalue weighted by atomic mass is 79.9. The second kappa shape index (κ2) is 6.68. The number of aryl methyl sites for hydroxylation is 2. The number of carbonyl (C=O) groups excluding carboxylic acids is 1. The average Bonchev–Trinajstić information content (AvgIpc) is 2.38. The number of hydrogen-bond donors (Lipinski definition) is 0. The van der Waals surface area contributed by atoms with Gasteiger partial charge in [-0.3, -0.25) is 9.78 Å². The predicted molar refractivity (Wildman–Crippen MR) is 86.8 cm³/mol. The first-order valence-electron chi connectivity index (χ1n) is 6.42. The van der Waals surface area contributed by atoms with Crippen LogP contribution in [0, 0.1) is 6.92 Å². The van der Waals surface area contributed by atoms with Gasteiger partial charge in [0.15, 0.2) is 0 Å². The van der Waals surface area contributed by atoms with Crippen LogP contribution in [-0.4, -0.2) is 17.6 Å². The second-order valence-corrected chi connectivity index (χ2v) is 6.27. The van der Waals surface area contributed by atoms with E-state index in [-0.39, 0.29) is 5.97 Å². The highest BCUT2D eigenvalue weighted by Gasteiger charge is 2.09. The molecule has 0 radical (unpaired) electrons. The maximum Gasteiger partial charge on any atom is 0.306 e. The Balaban J connectivity index is 2.30. The zero-order valence-corrected chi connectivity index (χ0v) is 14.5. The lowest BCUT2D eigenvalue weighted by Crippen LogP contribution is -2.06. The molecule has 0 N–H and O–H groups in total. The topological polar surface area (TPSA) is 39.2 Å². The number of halogens is 2. The van der Waals surface area contributed by atoms with Gasteiger partial charge in [-0.2, -0.15) is 0 Å². The van der Waals surface area contributed by atoms with Gasteiger partial charge in [-0.05, 0) is 60.0 Å². The third-order valence-electron chi connectivity index (χ3n) is 3.04. The van der Waals surface area contributed by atoms with Crippen LogP contribution in [0.4, 0.5) is 0 Å². The highest BCUT2D eigenvalue weighted by Crippen LogP contribution is 2.28. The van der Waals surface area contributed by atoms with Crippen molar-refractivity contribution in [3.05, 3.63) is 38.4 Å². The third-order valence-corrected chi connectivity index (χ3v) is 4.10. The smallest absolute Gasteiger partial charge is 0.306 e. The van der Waals surface area contributed by atoms with Gasteiger partial charge in [0.05, 0.1) is 12.1 Å². The summed E-state index contributed by atoms with van der Waals surface area (Å²) in [5.74, 6) is -0.164. The number of pyridine rings is 1. The molecule has 0 aliphatic rings. The van der Waals surface area contributed by atoms with Crippen LogP contribution in [0.1, 0.15) is 24.6 Å². The number of rotatable bonds is 4. The Morgan fingerprint density at radius 1 is 1.30 bits per heavy atom. The molecule has 0 spiro atoms. The summed E-state index contributed by atoms with van der Waals surface area (Å²) in [5.41, 5.74) is 2.96. The zero-order valence-electron chi connectivity index (χ0n) is 11.4. The summed E-state index contributed by atoms with van der Waals surface area (Å²) in [6.45, 7) is 4.21. The lowest BCUT2D eigenvalue weighted by atomic mass is 10.1. The van der Waals surface area contributed by atoms with Crippen LogP contribution in [0.3, 0.4) is 0 Å². The van der Waals surface area contributed by atoms with Crippen LogP contribution in [-0.2, 0) is 16.0 Å². The maximum absolute atomic E-state index is 11.4. The van der Waals surface area contributed by atoms with Gasteiger partial charge < -0.3 is 4.74 Å². The van der Waals surface area contributed by atoms with Gasteiger partial charge in [0, 0.05) is 26.4 Å². The molecule has 0 unspecified atom stereocenters. The molecule has 5 heteroatoms. The largest absolute Gasteiger partial charge is 0.466 e. The number of ether oxygens (including phenoxy) is 1. The van der Waals surface area contributed by atoms with Gasteiger partial charge in [0.1, 0.15) is 0 Å². The van der Waals surface area contributed by atoms with Crippen LogP contribution in [0.5, 0.6) is 0 Å². The molecule has 2 aromatic rings. The van der Waals surface area contributed by atoms with Gasteiger partial charge in [-0.1, -0.05) is 15.9 Å². The lowest BCUT2D eigenvalue weighted by Gasteiger charge is -2.09. The van der Waals surface area contributed by atoms with E-state index in [2.05, 4.69) is 42.9 Å². The van der Waals surface area contributed by atoms with E-state index in [1.54, 1.807) is 0 Å². The van der Waals surface area contributed by atoms with Crippen molar-refractivity contribution in [3.8, 4) is 0 Å². The SMILES string of the molecule is CCOC(=O)CCc1cc2cc(Br)cc(Br)c2nc1C. The van der Waals surface area contributed by atoms with Gasteiger partial charge in [-0.25, -0.2) is 0 Å². The summed E-state index contributed by atoms with van der Waals surface area (Å²) in [5, 5.41) is 1.05. The fraction of sp³-hybridized carbons (Fsp3) is 0.333. The quantitative estimate of drug-likeness (QED) is 0.706. The monoisotopic (exact) mass is 399 g/mol. The Bertz CT molecular complexity index is 656. The van der Waals surface area contributed by atoms with E-state index in [1.165, 1.54) is 0 Å². The molecule has 3 nitrogen and oxygen atoms in total. The Kier molecular flexibility index (Phi) is 5.16. The van der Waals surface area contributed by atoms with Crippen molar-refractivity contribution >= 4 is 48.7 Å². The molecule has 2 rings (SSSR count). The minimum absolute atomic E-state index is 0.164. The summed E-state index contributed by atoms with van der Waals surface area (Å²) in [7, 11) is 0. The fourth-order valence-corrected chi connectivity index (χ4v) is 3.42. The molecule has 0 amide bonds. The van der Waals surface area contributed by atoms with Gasteiger partial charge in [0.25, 0.3) is 0 Å². The standard InChI is InChI=1S/C15H15Br2NO2/c1-3-20-14(19)5-4-10-6-11-7-12(16)8-13(17)15(11)18-9(10)2/h6-8H,3-5H2,1-2H3. The number of hydrogen-bond acceptors (Lipinski definition) is 3. The first-order chi connectivity index (χ1) is 9.51. The molecule has 0 atom stereocenters. The highest BCUT2D eigenvalue weighted by molar-refractivity contribution is 9.11. The molecule has 1 aromatic carbocycles. The van der Waals surface area contributed by atoms with Crippen molar-refractivity contribution in [3.63, 3.8) is 0 Å².